The highest BCUT2D eigenvalue weighted by Gasteiger charge is 2.12. The van der Waals surface area contributed by atoms with Gasteiger partial charge in [0.2, 0.25) is 0 Å². The molecule has 5 nitrogen and oxygen atoms in total. The molecular formula is C19H17N3O2. The SMILES string of the molecule is COc1cccc(C(=O)Nc2ccc(C)cc2-c2cncnc2)c1. The molecule has 1 aromatic heterocycles. The predicted octanol–water partition coefficient (Wildman–Crippen LogP) is 3.71. The number of anilines is 1. The topological polar surface area (TPSA) is 64.1 Å². The summed E-state index contributed by atoms with van der Waals surface area (Å²) in [4.78, 5) is 20.7. The van der Waals surface area contributed by atoms with Crippen molar-refractivity contribution in [2.24, 2.45) is 0 Å². The molecule has 1 heterocycles. The summed E-state index contributed by atoms with van der Waals surface area (Å²) in [6.45, 7) is 2.00. The summed E-state index contributed by atoms with van der Waals surface area (Å²) in [5.41, 5.74) is 4.07. The zero-order chi connectivity index (χ0) is 16.9. The van der Waals surface area contributed by atoms with Crippen LogP contribution in [0.3, 0.4) is 0 Å². The number of ether oxygens (including phenoxy) is 1. The van der Waals surface area contributed by atoms with Crippen molar-refractivity contribution in [3.05, 3.63) is 72.3 Å². The number of nitrogens with zero attached hydrogens (tertiary/aromatic N) is 2. The van der Waals surface area contributed by atoms with Crippen molar-refractivity contribution in [1.29, 1.82) is 0 Å². The molecule has 1 amide bonds. The molecule has 0 saturated carbocycles. The predicted molar refractivity (Wildman–Crippen MR) is 93.2 cm³/mol. The summed E-state index contributed by atoms with van der Waals surface area (Å²) >= 11 is 0. The minimum absolute atomic E-state index is 0.198. The van der Waals surface area contributed by atoms with E-state index in [1.165, 1.54) is 6.33 Å². The fraction of sp³-hybridized carbons (Fsp3) is 0.105. The lowest BCUT2D eigenvalue weighted by atomic mass is 10.0. The lowest BCUT2D eigenvalue weighted by molar-refractivity contribution is 0.102. The minimum Gasteiger partial charge on any atom is -0.497 e. The number of aryl methyl sites for hydroxylation is 1. The number of carbonyl (C=O) groups is 1. The summed E-state index contributed by atoms with van der Waals surface area (Å²) in [5.74, 6) is 0.444. The molecule has 5 heteroatoms. The lowest BCUT2D eigenvalue weighted by Gasteiger charge is -2.12. The molecule has 3 rings (SSSR count). The van der Waals surface area contributed by atoms with Crippen LogP contribution in [0.5, 0.6) is 5.75 Å². The first-order valence-electron chi connectivity index (χ1n) is 7.49. The highest BCUT2D eigenvalue weighted by molar-refractivity contribution is 6.06. The second kappa shape index (κ2) is 6.91. The molecule has 0 aliphatic rings. The van der Waals surface area contributed by atoms with Gasteiger partial charge in [-0.1, -0.05) is 17.7 Å². The van der Waals surface area contributed by atoms with Crippen LogP contribution in [-0.4, -0.2) is 23.0 Å². The molecule has 0 fully saturated rings. The highest BCUT2D eigenvalue weighted by atomic mass is 16.5. The third-order valence-corrected chi connectivity index (χ3v) is 3.63. The Morgan fingerprint density at radius 1 is 1.08 bits per heavy atom. The summed E-state index contributed by atoms with van der Waals surface area (Å²) in [7, 11) is 1.57. The van der Waals surface area contributed by atoms with E-state index in [1.807, 2.05) is 25.1 Å². The van der Waals surface area contributed by atoms with Crippen LogP contribution >= 0.6 is 0 Å². The number of methoxy groups -OCH3 is 1. The number of hydrogen-bond acceptors (Lipinski definition) is 4. The van der Waals surface area contributed by atoms with Gasteiger partial charge in [-0.25, -0.2) is 9.97 Å². The van der Waals surface area contributed by atoms with E-state index in [2.05, 4.69) is 15.3 Å². The molecule has 1 N–H and O–H groups in total. The Bertz CT molecular complexity index is 863. The maximum absolute atomic E-state index is 12.6. The van der Waals surface area contributed by atoms with E-state index in [0.29, 0.717) is 17.0 Å². The normalized spacial score (nSPS) is 10.2. The van der Waals surface area contributed by atoms with E-state index in [-0.39, 0.29) is 5.91 Å². The molecule has 0 atom stereocenters. The van der Waals surface area contributed by atoms with E-state index < -0.39 is 0 Å². The second-order valence-corrected chi connectivity index (χ2v) is 5.36. The van der Waals surface area contributed by atoms with Crippen molar-refractivity contribution in [2.75, 3.05) is 12.4 Å². The largest absolute Gasteiger partial charge is 0.497 e. The molecule has 0 aliphatic carbocycles. The number of amides is 1. The van der Waals surface area contributed by atoms with Gasteiger partial charge < -0.3 is 10.1 Å². The molecule has 0 saturated heterocycles. The van der Waals surface area contributed by atoms with E-state index >= 15 is 0 Å². The Morgan fingerprint density at radius 2 is 1.88 bits per heavy atom. The Morgan fingerprint density at radius 3 is 2.62 bits per heavy atom. The van der Waals surface area contributed by atoms with Crippen molar-refractivity contribution in [1.82, 2.24) is 9.97 Å². The van der Waals surface area contributed by atoms with Crippen LogP contribution in [0.2, 0.25) is 0 Å². The molecule has 0 aliphatic heterocycles. The first-order chi connectivity index (χ1) is 11.7. The maximum Gasteiger partial charge on any atom is 0.255 e. The summed E-state index contributed by atoms with van der Waals surface area (Å²) in [5, 5.41) is 2.95. The van der Waals surface area contributed by atoms with Crippen molar-refractivity contribution in [3.8, 4) is 16.9 Å². The first kappa shape index (κ1) is 15.7. The number of aromatic nitrogens is 2. The molecule has 0 unspecified atom stereocenters. The van der Waals surface area contributed by atoms with Gasteiger partial charge in [-0.2, -0.15) is 0 Å². The van der Waals surface area contributed by atoms with Crippen molar-refractivity contribution < 1.29 is 9.53 Å². The Balaban J connectivity index is 1.94. The zero-order valence-electron chi connectivity index (χ0n) is 13.5. The maximum atomic E-state index is 12.6. The number of benzene rings is 2. The van der Waals surface area contributed by atoms with Crippen LogP contribution in [0.25, 0.3) is 11.1 Å². The molecule has 24 heavy (non-hydrogen) atoms. The number of hydrogen-bond donors (Lipinski definition) is 1. The Labute approximate surface area is 140 Å². The smallest absolute Gasteiger partial charge is 0.255 e. The highest BCUT2D eigenvalue weighted by Crippen LogP contribution is 2.28. The van der Waals surface area contributed by atoms with Gasteiger partial charge in [0.1, 0.15) is 12.1 Å². The molecule has 0 bridgehead atoms. The monoisotopic (exact) mass is 319 g/mol. The van der Waals surface area contributed by atoms with Crippen LogP contribution in [-0.2, 0) is 0 Å². The standard InChI is InChI=1S/C19H17N3O2/c1-13-6-7-18(17(8-13)15-10-20-12-21-11-15)22-19(23)14-4-3-5-16(9-14)24-2/h3-12H,1-2H3,(H,22,23). The number of carbonyl (C=O) groups excluding carboxylic acids is 1. The van der Waals surface area contributed by atoms with Gasteiger partial charge in [0, 0.05) is 34.8 Å². The fourth-order valence-corrected chi connectivity index (χ4v) is 2.40. The number of nitrogens with one attached hydrogen (secondary N) is 1. The van der Waals surface area contributed by atoms with Gasteiger partial charge in [0.05, 0.1) is 7.11 Å². The molecule has 3 aromatic rings. The van der Waals surface area contributed by atoms with Gasteiger partial charge in [0.25, 0.3) is 5.91 Å². The summed E-state index contributed by atoms with van der Waals surface area (Å²) < 4.78 is 5.17. The minimum atomic E-state index is -0.198. The van der Waals surface area contributed by atoms with Gasteiger partial charge >= 0.3 is 0 Å². The average molecular weight is 319 g/mol. The quantitative estimate of drug-likeness (QED) is 0.796. The Kier molecular flexibility index (Phi) is 4.52. The van der Waals surface area contributed by atoms with Crippen molar-refractivity contribution in [3.63, 3.8) is 0 Å². The molecular weight excluding hydrogens is 302 g/mol. The van der Waals surface area contributed by atoms with Gasteiger partial charge in [-0.15, -0.1) is 0 Å². The third-order valence-electron chi connectivity index (χ3n) is 3.63. The molecule has 120 valence electrons. The van der Waals surface area contributed by atoms with E-state index in [4.69, 9.17) is 4.74 Å². The van der Waals surface area contributed by atoms with Gasteiger partial charge in [0.15, 0.2) is 0 Å². The van der Waals surface area contributed by atoms with Crippen LogP contribution in [0.4, 0.5) is 5.69 Å². The number of rotatable bonds is 4. The summed E-state index contributed by atoms with van der Waals surface area (Å²) in [6, 6.07) is 12.9. The summed E-state index contributed by atoms with van der Waals surface area (Å²) in [6.07, 6.45) is 4.93. The van der Waals surface area contributed by atoms with E-state index in [0.717, 1.165) is 16.7 Å². The van der Waals surface area contributed by atoms with Gasteiger partial charge in [-0.05, 0) is 37.3 Å². The second-order valence-electron chi connectivity index (χ2n) is 5.36. The van der Waals surface area contributed by atoms with Crippen LogP contribution in [0, 0.1) is 6.92 Å². The molecule has 0 spiro atoms. The first-order valence-corrected chi connectivity index (χ1v) is 7.49. The van der Waals surface area contributed by atoms with E-state index in [1.54, 1.807) is 43.8 Å². The Hall–Kier alpha value is -3.21. The lowest BCUT2D eigenvalue weighted by Crippen LogP contribution is -2.12. The van der Waals surface area contributed by atoms with Crippen LogP contribution in [0.1, 0.15) is 15.9 Å². The van der Waals surface area contributed by atoms with E-state index in [9.17, 15) is 4.79 Å². The van der Waals surface area contributed by atoms with Crippen LogP contribution in [0.15, 0.2) is 61.2 Å². The molecule has 2 aromatic carbocycles. The fourth-order valence-electron chi connectivity index (χ4n) is 2.40. The zero-order valence-corrected chi connectivity index (χ0v) is 13.5. The van der Waals surface area contributed by atoms with Crippen LogP contribution < -0.4 is 10.1 Å². The van der Waals surface area contributed by atoms with Crippen molar-refractivity contribution in [2.45, 2.75) is 6.92 Å². The third kappa shape index (κ3) is 3.41. The molecule has 0 radical (unpaired) electrons. The van der Waals surface area contributed by atoms with Crippen molar-refractivity contribution >= 4 is 11.6 Å². The van der Waals surface area contributed by atoms with Gasteiger partial charge in [-0.3, -0.25) is 4.79 Å². The average Bonchev–Trinajstić information content (AvgIpc) is 2.64.